The van der Waals surface area contributed by atoms with Crippen molar-refractivity contribution in [3.63, 3.8) is 0 Å². The summed E-state index contributed by atoms with van der Waals surface area (Å²) in [6.07, 6.45) is 0. The highest BCUT2D eigenvalue weighted by Gasteiger charge is 2.08. The molecule has 0 heterocycles. The van der Waals surface area contributed by atoms with E-state index in [1.807, 2.05) is 25.1 Å². The first-order valence-corrected chi connectivity index (χ1v) is 6.49. The highest BCUT2D eigenvalue weighted by atomic mass is 16.5. The number of benzene rings is 2. The summed E-state index contributed by atoms with van der Waals surface area (Å²) in [5.41, 5.74) is 2.26. The van der Waals surface area contributed by atoms with E-state index >= 15 is 0 Å². The first-order chi connectivity index (χ1) is 10.1. The molecule has 2 amide bonds. The number of nitrogens with one attached hydrogen (secondary N) is 2. The molecule has 0 aliphatic carbocycles. The number of carbonyl (C=O) groups is 1. The van der Waals surface area contributed by atoms with Gasteiger partial charge in [0.1, 0.15) is 11.5 Å². The number of hydrogen-bond acceptors (Lipinski definition) is 3. The highest BCUT2D eigenvalue weighted by molar-refractivity contribution is 6.01. The van der Waals surface area contributed by atoms with E-state index < -0.39 is 0 Å². The number of amides is 2. The van der Waals surface area contributed by atoms with Gasteiger partial charge in [0, 0.05) is 5.69 Å². The zero-order chi connectivity index (χ0) is 15.2. The Balaban J connectivity index is 2.08. The minimum absolute atomic E-state index is 0.326. The van der Waals surface area contributed by atoms with Crippen LogP contribution in [0.25, 0.3) is 0 Å². The second-order valence-electron chi connectivity index (χ2n) is 4.46. The van der Waals surface area contributed by atoms with Crippen LogP contribution in [0.5, 0.6) is 11.5 Å². The third-order valence-electron chi connectivity index (χ3n) is 3.04. The Bertz CT molecular complexity index is 641. The summed E-state index contributed by atoms with van der Waals surface area (Å²) in [4.78, 5) is 12.0. The van der Waals surface area contributed by atoms with Crippen molar-refractivity contribution in [1.82, 2.24) is 0 Å². The van der Waals surface area contributed by atoms with Gasteiger partial charge in [-0.1, -0.05) is 12.1 Å². The Morgan fingerprint density at radius 3 is 2.33 bits per heavy atom. The average molecular weight is 286 g/mol. The quantitative estimate of drug-likeness (QED) is 0.901. The molecular weight excluding hydrogens is 268 g/mol. The van der Waals surface area contributed by atoms with E-state index in [1.165, 1.54) is 0 Å². The van der Waals surface area contributed by atoms with E-state index in [4.69, 9.17) is 9.47 Å². The molecule has 2 rings (SSSR count). The van der Waals surface area contributed by atoms with Crippen LogP contribution in [-0.2, 0) is 0 Å². The van der Waals surface area contributed by atoms with Gasteiger partial charge < -0.3 is 20.1 Å². The third kappa shape index (κ3) is 3.66. The van der Waals surface area contributed by atoms with Crippen LogP contribution in [0, 0.1) is 6.92 Å². The normalized spacial score (nSPS) is 9.86. The molecule has 110 valence electrons. The maximum Gasteiger partial charge on any atom is 0.323 e. The van der Waals surface area contributed by atoms with Crippen LogP contribution in [0.15, 0.2) is 42.5 Å². The fourth-order valence-electron chi connectivity index (χ4n) is 1.93. The molecule has 0 saturated carbocycles. The first kappa shape index (κ1) is 14.7. The van der Waals surface area contributed by atoms with Gasteiger partial charge in [-0.2, -0.15) is 0 Å². The Morgan fingerprint density at radius 2 is 1.67 bits per heavy atom. The number of anilines is 2. The van der Waals surface area contributed by atoms with Crippen LogP contribution < -0.4 is 20.1 Å². The van der Waals surface area contributed by atoms with Gasteiger partial charge >= 0.3 is 6.03 Å². The number of ether oxygens (including phenoxy) is 2. The number of aryl methyl sites for hydroxylation is 1. The van der Waals surface area contributed by atoms with Crippen molar-refractivity contribution in [3.8, 4) is 11.5 Å². The molecule has 0 aliphatic rings. The predicted molar refractivity (Wildman–Crippen MR) is 83.4 cm³/mol. The summed E-state index contributed by atoms with van der Waals surface area (Å²) in [7, 11) is 3.17. The van der Waals surface area contributed by atoms with Crippen LogP contribution >= 0.6 is 0 Å². The second-order valence-corrected chi connectivity index (χ2v) is 4.46. The Labute approximate surface area is 123 Å². The van der Waals surface area contributed by atoms with E-state index in [-0.39, 0.29) is 6.03 Å². The van der Waals surface area contributed by atoms with Gasteiger partial charge in [0.05, 0.1) is 19.9 Å². The van der Waals surface area contributed by atoms with Gasteiger partial charge in [0.25, 0.3) is 0 Å². The van der Waals surface area contributed by atoms with Crippen LogP contribution in [-0.4, -0.2) is 20.3 Å². The minimum Gasteiger partial charge on any atom is -0.497 e. The largest absolute Gasteiger partial charge is 0.497 e. The fourth-order valence-corrected chi connectivity index (χ4v) is 1.93. The standard InChI is InChI=1S/C16H18N2O3/c1-11-10-12(20-2)8-9-13(11)17-16(19)18-14-6-4-5-7-15(14)21-3/h4-10H,1-3H3,(H2,17,18,19). The molecule has 0 fully saturated rings. The second kappa shape index (κ2) is 6.65. The molecule has 0 aliphatic heterocycles. The number of urea groups is 1. The van der Waals surface area contributed by atoms with Gasteiger partial charge in [0.15, 0.2) is 0 Å². The molecule has 5 nitrogen and oxygen atoms in total. The van der Waals surface area contributed by atoms with Crippen molar-refractivity contribution >= 4 is 17.4 Å². The molecule has 5 heteroatoms. The van der Waals surface area contributed by atoms with Crippen molar-refractivity contribution < 1.29 is 14.3 Å². The van der Waals surface area contributed by atoms with Gasteiger partial charge in [0.2, 0.25) is 0 Å². The maximum atomic E-state index is 12.0. The van der Waals surface area contributed by atoms with Crippen LogP contribution in [0.2, 0.25) is 0 Å². The predicted octanol–water partition coefficient (Wildman–Crippen LogP) is 3.66. The molecule has 0 spiro atoms. The lowest BCUT2D eigenvalue weighted by molar-refractivity contribution is 0.262. The fraction of sp³-hybridized carbons (Fsp3) is 0.188. The van der Waals surface area contributed by atoms with Crippen LogP contribution in [0.4, 0.5) is 16.2 Å². The Morgan fingerprint density at radius 1 is 0.952 bits per heavy atom. The van der Waals surface area contributed by atoms with Crippen molar-refractivity contribution in [2.24, 2.45) is 0 Å². The maximum absolute atomic E-state index is 12.0. The summed E-state index contributed by atoms with van der Waals surface area (Å²) in [6, 6.07) is 12.4. The van der Waals surface area contributed by atoms with Crippen molar-refractivity contribution in [2.45, 2.75) is 6.92 Å². The average Bonchev–Trinajstić information content (AvgIpc) is 2.49. The van der Waals surface area contributed by atoms with Crippen molar-refractivity contribution in [3.05, 3.63) is 48.0 Å². The zero-order valence-electron chi connectivity index (χ0n) is 12.3. The molecule has 0 aromatic heterocycles. The number of methoxy groups -OCH3 is 2. The Hall–Kier alpha value is -2.69. The number of carbonyl (C=O) groups excluding carboxylic acids is 1. The van der Waals surface area contributed by atoms with E-state index in [9.17, 15) is 4.79 Å². The van der Waals surface area contributed by atoms with Gasteiger partial charge in [-0.15, -0.1) is 0 Å². The van der Waals surface area contributed by atoms with E-state index in [2.05, 4.69) is 10.6 Å². The van der Waals surface area contributed by atoms with Crippen LogP contribution in [0.1, 0.15) is 5.56 Å². The molecule has 0 unspecified atom stereocenters. The number of para-hydroxylation sites is 2. The topological polar surface area (TPSA) is 59.6 Å². The smallest absolute Gasteiger partial charge is 0.323 e. The van der Waals surface area contributed by atoms with E-state index in [0.717, 1.165) is 17.0 Å². The molecule has 2 N–H and O–H groups in total. The summed E-state index contributed by atoms with van der Waals surface area (Å²) in [5.74, 6) is 1.36. The summed E-state index contributed by atoms with van der Waals surface area (Å²) in [5, 5.41) is 5.56. The first-order valence-electron chi connectivity index (χ1n) is 6.49. The summed E-state index contributed by atoms with van der Waals surface area (Å²) < 4.78 is 10.3. The summed E-state index contributed by atoms with van der Waals surface area (Å²) in [6.45, 7) is 1.90. The minimum atomic E-state index is -0.326. The molecular formula is C16H18N2O3. The summed E-state index contributed by atoms with van der Waals surface area (Å²) >= 11 is 0. The number of rotatable bonds is 4. The molecule has 0 radical (unpaired) electrons. The lowest BCUT2D eigenvalue weighted by Crippen LogP contribution is -2.20. The molecule has 2 aromatic carbocycles. The number of hydrogen-bond donors (Lipinski definition) is 2. The van der Waals surface area contributed by atoms with Gasteiger partial charge in [-0.3, -0.25) is 0 Å². The van der Waals surface area contributed by atoms with E-state index in [0.29, 0.717) is 11.4 Å². The SMILES string of the molecule is COc1ccc(NC(=O)Nc2ccccc2OC)c(C)c1. The van der Waals surface area contributed by atoms with Crippen LogP contribution in [0.3, 0.4) is 0 Å². The molecule has 0 atom stereocenters. The lowest BCUT2D eigenvalue weighted by Gasteiger charge is -2.12. The van der Waals surface area contributed by atoms with E-state index in [1.54, 1.807) is 38.5 Å². The molecule has 21 heavy (non-hydrogen) atoms. The molecule has 0 saturated heterocycles. The molecule has 2 aromatic rings. The van der Waals surface area contributed by atoms with Crippen molar-refractivity contribution in [2.75, 3.05) is 24.9 Å². The Kier molecular flexibility index (Phi) is 4.66. The lowest BCUT2D eigenvalue weighted by atomic mass is 10.2. The third-order valence-corrected chi connectivity index (χ3v) is 3.04. The van der Waals surface area contributed by atoms with Gasteiger partial charge in [-0.25, -0.2) is 4.79 Å². The zero-order valence-corrected chi connectivity index (χ0v) is 12.3. The van der Waals surface area contributed by atoms with Crippen molar-refractivity contribution in [1.29, 1.82) is 0 Å². The molecule has 0 bridgehead atoms. The van der Waals surface area contributed by atoms with Gasteiger partial charge in [-0.05, 0) is 42.8 Å². The highest BCUT2D eigenvalue weighted by Crippen LogP contribution is 2.24. The monoisotopic (exact) mass is 286 g/mol.